The summed E-state index contributed by atoms with van der Waals surface area (Å²) in [7, 11) is 1.66. The molecule has 0 radical (unpaired) electrons. The van der Waals surface area contributed by atoms with Gasteiger partial charge in [-0.1, -0.05) is 23.7 Å². The topological polar surface area (TPSA) is 49.0 Å². The van der Waals surface area contributed by atoms with Crippen molar-refractivity contribution in [2.24, 2.45) is 0 Å². The zero-order valence-electron chi connectivity index (χ0n) is 15.2. The Bertz CT molecular complexity index is 910. The maximum Gasteiger partial charge on any atom is 0.186 e. The predicted molar refractivity (Wildman–Crippen MR) is 102 cm³/mol. The lowest BCUT2D eigenvalue weighted by molar-refractivity contribution is 0.0967. The summed E-state index contributed by atoms with van der Waals surface area (Å²) in [6, 6.07) is 10.0. The first kappa shape index (κ1) is 18.3. The SMILES string of the molecule is COc1ccc(CCn2c(C)cc(C(=O)Cn3cc(Cl)cn3)c2C)cc1. The highest BCUT2D eigenvalue weighted by Crippen LogP contribution is 2.19. The summed E-state index contributed by atoms with van der Waals surface area (Å²) in [6.45, 7) is 5.03. The van der Waals surface area contributed by atoms with Crippen LogP contribution in [0.3, 0.4) is 0 Å². The third kappa shape index (κ3) is 3.99. The van der Waals surface area contributed by atoms with E-state index < -0.39 is 0 Å². The molecule has 0 aliphatic carbocycles. The van der Waals surface area contributed by atoms with Gasteiger partial charge in [-0.3, -0.25) is 9.48 Å². The van der Waals surface area contributed by atoms with Crippen molar-refractivity contribution in [2.75, 3.05) is 7.11 Å². The summed E-state index contributed by atoms with van der Waals surface area (Å²) in [4.78, 5) is 12.6. The first-order valence-corrected chi connectivity index (χ1v) is 8.86. The highest BCUT2D eigenvalue weighted by Gasteiger charge is 2.16. The number of benzene rings is 1. The molecule has 0 aliphatic heterocycles. The van der Waals surface area contributed by atoms with Crippen molar-refractivity contribution >= 4 is 17.4 Å². The van der Waals surface area contributed by atoms with Gasteiger partial charge in [0.2, 0.25) is 0 Å². The first-order valence-electron chi connectivity index (χ1n) is 8.48. The minimum absolute atomic E-state index is 0.0357. The van der Waals surface area contributed by atoms with Gasteiger partial charge in [-0.25, -0.2) is 0 Å². The number of aryl methyl sites for hydroxylation is 2. The molecule has 5 nitrogen and oxygen atoms in total. The lowest BCUT2D eigenvalue weighted by atomic mass is 10.1. The third-order valence-corrected chi connectivity index (χ3v) is 4.76. The molecule has 0 unspecified atom stereocenters. The van der Waals surface area contributed by atoms with E-state index in [2.05, 4.69) is 21.8 Å². The number of aromatic nitrogens is 3. The van der Waals surface area contributed by atoms with Gasteiger partial charge in [0.25, 0.3) is 0 Å². The van der Waals surface area contributed by atoms with Crippen LogP contribution in [0.5, 0.6) is 5.75 Å². The fraction of sp³-hybridized carbons (Fsp3) is 0.300. The molecule has 3 aromatic rings. The molecule has 0 bridgehead atoms. The second-order valence-corrected chi connectivity index (χ2v) is 6.75. The second kappa shape index (κ2) is 7.79. The Kier molecular flexibility index (Phi) is 5.47. The average molecular weight is 372 g/mol. The Morgan fingerprint density at radius 1 is 1.23 bits per heavy atom. The van der Waals surface area contributed by atoms with Crippen molar-refractivity contribution in [1.82, 2.24) is 14.3 Å². The number of Topliss-reactive ketones (excluding diaryl/α,β-unsaturated/α-hetero) is 1. The molecule has 6 heteroatoms. The molecular weight excluding hydrogens is 350 g/mol. The van der Waals surface area contributed by atoms with E-state index in [-0.39, 0.29) is 12.3 Å². The van der Waals surface area contributed by atoms with Gasteiger partial charge in [0.1, 0.15) is 12.3 Å². The highest BCUT2D eigenvalue weighted by molar-refractivity contribution is 6.30. The van der Waals surface area contributed by atoms with Crippen molar-refractivity contribution in [3.05, 3.63) is 70.3 Å². The molecule has 26 heavy (non-hydrogen) atoms. The number of nitrogens with zero attached hydrogens (tertiary/aromatic N) is 3. The smallest absolute Gasteiger partial charge is 0.186 e. The molecule has 136 valence electrons. The predicted octanol–water partition coefficient (Wildman–Crippen LogP) is 4.09. The van der Waals surface area contributed by atoms with Gasteiger partial charge < -0.3 is 9.30 Å². The third-order valence-electron chi connectivity index (χ3n) is 4.56. The standard InChI is InChI=1S/C20H22ClN3O2/c1-14-10-19(20(25)13-23-12-17(21)11-22-23)15(2)24(14)9-8-16-4-6-18(26-3)7-5-16/h4-7,10-12H,8-9,13H2,1-3H3. The maximum absolute atomic E-state index is 12.6. The number of carbonyl (C=O) groups is 1. The second-order valence-electron chi connectivity index (χ2n) is 6.31. The zero-order chi connectivity index (χ0) is 18.7. The number of ether oxygens (including phenoxy) is 1. The number of methoxy groups -OCH3 is 1. The molecule has 2 aromatic heterocycles. The number of hydrogen-bond acceptors (Lipinski definition) is 3. The minimum atomic E-state index is 0.0357. The van der Waals surface area contributed by atoms with Crippen LogP contribution < -0.4 is 4.74 Å². The van der Waals surface area contributed by atoms with Crippen LogP contribution in [0.1, 0.15) is 27.3 Å². The summed E-state index contributed by atoms with van der Waals surface area (Å²) in [5.74, 6) is 0.891. The molecule has 1 aromatic carbocycles. The Labute approximate surface area is 158 Å². The summed E-state index contributed by atoms with van der Waals surface area (Å²) in [5, 5.41) is 4.61. The van der Waals surface area contributed by atoms with Crippen LogP contribution in [0.15, 0.2) is 42.7 Å². The largest absolute Gasteiger partial charge is 0.497 e. The van der Waals surface area contributed by atoms with Crippen molar-refractivity contribution < 1.29 is 9.53 Å². The molecule has 2 heterocycles. The number of rotatable bonds is 7. The van der Waals surface area contributed by atoms with Crippen LogP contribution in [0, 0.1) is 13.8 Å². The quantitative estimate of drug-likeness (QED) is 0.588. The van der Waals surface area contributed by atoms with Crippen LogP contribution in [-0.2, 0) is 19.5 Å². The van der Waals surface area contributed by atoms with Crippen molar-refractivity contribution in [2.45, 2.75) is 33.4 Å². The van der Waals surface area contributed by atoms with E-state index in [1.165, 1.54) is 11.8 Å². The molecule has 0 saturated heterocycles. The molecule has 0 amide bonds. The molecule has 0 fully saturated rings. The normalized spacial score (nSPS) is 10.9. The van der Waals surface area contributed by atoms with Gasteiger partial charge in [0.05, 0.1) is 18.3 Å². The van der Waals surface area contributed by atoms with E-state index in [9.17, 15) is 4.79 Å². The zero-order valence-corrected chi connectivity index (χ0v) is 16.0. The molecular formula is C20H22ClN3O2. The molecule has 0 aliphatic rings. The van der Waals surface area contributed by atoms with Crippen molar-refractivity contribution in [3.8, 4) is 5.75 Å². The summed E-state index contributed by atoms with van der Waals surface area (Å²) in [6.07, 6.45) is 4.08. The van der Waals surface area contributed by atoms with Gasteiger partial charge >= 0.3 is 0 Å². The van der Waals surface area contributed by atoms with Gasteiger partial charge in [0.15, 0.2) is 5.78 Å². The molecule has 3 rings (SSSR count). The van der Waals surface area contributed by atoms with E-state index in [0.29, 0.717) is 5.02 Å². The Morgan fingerprint density at radius 3 is 2.58 bits per heavy atom. The van der Waals surface area contributed by atoms with Crippen LogP contribution in [0.25, 0.3) is 0 Å². The van der Waals surface area contributed by atoms with Crippen molar-refractivity contribution in [3.63, 3.8) is 0 Å². The van der Waals surface area contributed by atoms with E-state index in [1.807, 2.05) is 32.0 Å². The minimum Gasteiger partial charge on any atom is -0.497 e. The van der Waals surface area contributed by atoms with Gasteiger partial charge in [-0.05, 0) is 44.0 Å². The summed E-state index contributed by atoms with van der Waals surface area (Å²) >= 11 is 5.86. The van der Waals surface area contributed by atoms with E-state index in [0.717, 1.165) is 35.7 Å². The van der Waals surface area contributed by atoms with E-state index in [1.54, 1.807) is 18.0 Å². The molecule has 0 spiro atoms. The average Bonchev–Trinajstić information content (AvgIpc) is 3.16. The van der Waals surface area contributed by atoms with Crippen LogP contribution in [0.4, 0.5) is 0 Å². The van der Waals surface area contributed by atoms with Crippen LogP contribution in [0.2, 0.25) is 5.02 Å². The van der Waals surface area contributed by atoms with E-state index in [4.69, 9.17) is 16.3 Å². The first-order chi connectivity index (χ1) is 12.5. The van der Waals surface area contributed by atoms with Crippen molar-refractivity contribution in [1.29, 1.82) is 0 Å². The number of hydrogen-bond donors (Lipinski definition) is 0. The maximum atomic E-state index is 12.6. The molecule has 0 saturated carbocycles. The Morgan fingerprint density at radius 2 is 1.96 bits per heavy atom. The highest BCUT2D eigenvalue weighted by atomic mass is 35.5. The monoisotopic (exact) mass is 371 g/mol. The van der Waals surface area contributed by atoms with Crippen LogP contribution in [-0.4, -0.2) is 27.2 Å². The molecule has 0 atom stereocenters. The Balaban J connectivity index is 1.71. The lowest BCUT2D eigenvalue weighted by Crippen LogP contribution is -2.12. The van der Waals surface area contributed by atoms with Crippen LogP contribution >= 0.6 is 11.6 Å². The fourth-order valence-corrected chi connectivity index (χ4v) is 3.27. The van der Waals surface area contributed by atoms with Gasteiger partial charge in [-0.2, -0.15) is 5.10 Å². The number of carbonyl (C=O) groups excluding carboxylic acids is 1. The Hall–Kier alpha value is -2.53. The summed E-state index contributed by atoms with van der Waals surface area (Å²) < 4.78 is 8.94. The van der Waals surface area contributed by atoms with Gasteiger partial charge in [-0.15, -0.1) is 0 Å². The lowest BCUT2D eigenvalue weighted by Gasteiger charge is -2.10. The summed E-state index contributed by atoms with van der Waals surface area (Å²) in [5.41, 5.74) is 4.04. The number of halogens is 1. The molecule has 0 N–H and O–H groups in total. The number of ketones is 1. The fourth-order valence-electron chi connectivity index (χ4n) is 3.12. The van der Waals surface area contributed by atoms with E-state index >= 15 is 0 Å². The van der Waals surface area contributed by atoms with Gasteiger partial charge in [0, 0.05) is 29.7 Å².